The number of allylic oxidation sites excluding steroid dienone is 2. The lowest BCUT2D eigenvalue weighted by Crippen LogP contribution is -2.28. The van der Waals surface area contributed by atoms with Gasteiger partial charge in [0.25, 0.3) is 0 Å². The van der Waals surface area contributed by atoms with E-state index in [-0.39, 0.29) is 5.78 Å². The van der Waals surface area contributed by atoms with E-state index in [0.717, 1.165) is 22.3 Å². The maximum atomic E-state index is 13.6. The summed E-state index contributed by atoms with van der Waals surface area (Å²) in [6.07, 6.45) is 0. The zero-order chi connectivity index (χ0) is 20.8. The number of carbonyl (C=O) groups excluding carboxylic acids is 1. The Morgan fingerprint density at radius 3 is 2.50 bits per heavy atom. The Kier molecular flexibility index (Phi) is 4.61. The van der Waals surface area contributed by atoms with Crippen LogP contribution in [0.15, 0.2) is 84.1 Å². The van der Waals surface area contributed by atoms with Crippen LogP contribution in [0.2, 0.25) is 10.0 Å². The van der Waals surface area contributed by atoms with E-state index in [1.54, 1.807) is 12.1 Å². The largest absolute Gasteiger partial charge is 0.329 e. The fourth-order valence-electron chi connectivity index (χ4n) is 4.02. The van der Waals surface area contributed by atoms with Gasteiger partial charge >= 0.3 is 0 Å². The first kappa shape index (κ1) is 18.9. The number of para-hydroxylation sites is 2. The van der Waals surface area contributed by atoms with E-state index in [4.69, 9.17) is 28.2 Å². The van der Waals surface area contributed by atoms with Gasteiger partial charge in [-0.3, -0.25) is 9.36 Å². The van der Waals surface area contributed by atoms with Crippen LogP contribution in [0.25, 0.3) is 11.0 Å². The van der Waals surface area contributed by atoms with Crippen molar-refractivity contribution in [2.45, 2.75) is 13.0 Å². The lowest BCUT2D eigenvalue weighted by atomic mass is 9.89. The zero-order valence-corrected chi connectivity index (χ0v) is 17.6. The molecule has 0 saturated heterocycles. The molecular formula is C24H17Cl2N3O. The number of ketones is 1. The number of anilines is 1. The molecule has 0 aliphatic carbocycles. The maximum absolute atomic E-state index is 13.6. The molecule has 4 aromatic rings. The third-order valence-electron chi connectivity index (χ3n) is 5.37. The van der Waals surface area contributed by atoms with Crippen LogP contribution in [-0.2, 0) is 0 Å². The van der Waals surface area contributed by atoms with Crippen molar-refractivity contribution in [3.63, 3.8) is 0 Å². The third kappa shape index (κ3) is 3.00. The summed E-state index contributed by atoms with van der Waals surface area (Å²) in [6, 6.07) is 22.1. The number of benzene rings is 3. The summed E-state index contributed by atoms with van der Waals surface area (Å²) in [5, 5.41) is 4.37. The summed E-state index contributed by atoms with van der Waals surface area (Å²) in [7, 11) is 0. The third-order valence-corrected chi connectivity index (χ3v) is 5.93. The number of nitrogens with one attached hydrogen (secondary N) is 1. The topological polar surface area (TPSA) is 46.9 Å². The second-order valence-electron chi connectivity index (χ2n) is 7.22. The Morgan fingerprint density at radius 1 is 1.00 bits per heavy atom. The van der Waals surface area contributed by atoms with E-state index in [9.17, 15) is 4.79 Å². The van der Waals surface area contributed by atoms with E-state index in [2.05, 4.69) is 5.32 Å². The summed E-state index contributed by atoms with van der Waals surface area (Å²) < 4.78 is 2.04. The first-order chi connectivity index (χ1) is 14.5. The minimum absolute atomic E-state index is 0.0555. The first-order valence-electron chi connectivity index (χ1n) is 9.54. The van der Waals surface area contributed by atoms with Crippen molar-refractivity contribution in [3.8, 4) is 0 Å². The quantitative estimate of drug-likeness (QED) is 0.374. The van der Waals surface area contributed by atoms with Gasteiger partial charge in [-0.15, -0.1) is 0 Å². The van der Waals surface area contributed by atoms with Gasteiger partial charge in [-0.2, -0.15) is 0 Å². The molecule has 1 atom stereocenters. The molecule has 3 aromatic carbocycles. The number of fused-ring (bicyclic) bond motifs is 3. The number of hydrogen-bond acceptors (Lipinski definition) is 3. The molecule has 0 saturated carbocycles. The second kappa shape index (κ2) is 7.31. The average molecular weight is 434 g/mol. The van der Waals surface area contributed by atoms with Crippen LogP contribution < -0.4 is 5.32 Å². The Hall–Kier alpha value is -3.08. The fourth-order valence-corrected chi connectivity index (χ4v) is 4.53. The second-order valence-corrected chi connectivity index (χ2v) is 8.06. The highest BCUT2D eigenvalue weighted by Gasteiger charge is 2.35. The average Bonchev–Trinajstić information content (AvgIpc) is 3.11. The van der Waals surface area contributed by atoms with Gasteiger partial charge in [0.05, 0.1) is 17.1 Å². The first-order valence-corrected chi connectivity index (χ1v) is 10.3. The van der Waals surface area contributed by atoms with E-state index >= 15 is 0 Å². The number of imidazole rings is 1. The SMILES string of the molecule is CC1=C(C(=O)c2ccccc2)[C@@H](c2ccc(Cl)cc2Cl)n2c(nc3ccccc32)N1. The number of carbonyl (C=O) groups is 1. The summed E-state index contributed by atoms with van der Waals surface area (Å²) in [6.45, 7) is 1.90. The molecule has 148 valence electrons. The molecule has 2 heterocycles. The highest BCUT2D eigenvalue weighted by Crippen LogP contribution is 2.42. The summed E-state index contributed by atoms with van der Waals surface area (Å²) >= 11 is 12.8. The number of hydrogen-bond donors (Lipinski definition) is 1. The molecule has 0 radical (unpaired) electrons. The zero-order valence-electron chi connectivity index (χ0n) is 16.1. The van der Waals surface area contributed by atoms with Crippen molar-refractivity contribution >= 4 is 46.0 Å². The van der Waals surface area contributed by atoms with Gasteiger partial charge < -0.3 is 5.32 Å². The van der Waals surface area contributed by atoms with Gasteiger partial charge in [-0.05, 0) is 36.8 Å². The van der Waals surface area contributed by atoms with E-state index in [1.165, 1.54) is 0 Å². The smallest absolute Gasteiger partial charge is 0.209 e. The lowest BCUT2D eigenvalue weighted by Gasteiger charge is -2.31. The van der Waals surface area contributed by atoms with Gasteiger partial charge in [-0.25, -0.2) is 4.98 Å². The van der Waals surface area contributed by atoms with Gasteiger partial charge in [-0.1, -0.05) is 71.7 Å². The summed E-state index contributed by atoms with van der Waals surface area (Å²) in [5.74, 6) is 0.620. The Morgan fingerprint density at radius 2 is 1.73 bits per heavy atom. The van der Waals surface area contributed by atoms with E-state index < -0.39 is 6.04 Å². The number of nitrogens with zero attached hydrogens (tertiary/aromatic N) is 2. The Balaban J connectivity index is 1.79. The Bertz CT molecular complexity index is 1330. The fraction of sp³-hybridized carbons (Fsp3) is 0.0833. The molecular weight excluding hydrogens is 417 g/mol. The van der Waals surface area contributed by atoms with Crippen LogP contribution >= 0.6 is 23.2 Å². The molecule has 6 heteroatoms. The normalized spacial score (nSPS) is 15.8. The van der Waals surface area contributed by atoms with Crippen LogP contribution in [0.4, 0.5) is 5.95 Å². The van der Waals surface area contributed by atoms with Crippen LogP contribution in [-0.4, -0.2) is 15.3 Å². The van der Waals surface area contributed by atoms with Gasteiger partial charge in [0, 0.05) is 26.9 Å². The molecule has 0 fully saturated rings. The van der Waals surface area contributed by atoms with Crippen LogP contribution in [0.5, 0.6) is 0 Å². The summed E-state index contributed by atoms with van der Waals surface area (Å²) in [4.78, 5) is 18.4. The van der Waals surface area contributed by atoms with E-state index in [1.807, 2.05) is 72.2 Å². The molecule has 1 aliphatic heterocycles. The molecule has 0 unspecified atom stereocenters. The number of rotatable bonds is 3. The minimum Gasteiger partial charge on any atom is -0.329 e. The maximum Gasteiger partial charge on any atom is 0.209 e. The monoisotopic (exact) mass is 433 g/mol. The molecule has 4 nitrogen and oxygen atoms in total. The van der Waals surface area contributed by atoms with Crippen molar-refractivity contribution < 1.29 is 4.79 Å². The van der Waals surface area contributed by atoms with Crippen molar-refractivity contribution in [1.82, 2.24) is 9.55 Å². The molecule has 1 N–H and O–H groups in total. The molecule has 1 aromatic heterocycles. The molecule has 5 rings (SSSR count). The van der Waals surface area contributed by atoms with Crippen molar-refractivity contribution in [3.05, 3.63) is 105 Å². The van der Waals surface area contributed by atoms with Gasteiger partial charge in [0.1, 0.15) is 0 Å². The molecule has 1 aliphatic rings. The number of aromatic nitrogens is 2. The highest BCUT2D eigenvalue weighted by atomic mass is 35.5. The van der Waals surface area contributed by atoms with Crippen molar-refractivity contribution in [2.75, 3.05) is 5.32 Å². The molecule has 0 bridgehead atoms. The predicted molar refractivity (Wildman–Crippen MR) is 121 cm³/mol. The minimum atomic E-state index is -0.439. The summed E-state index contributed by atoms with van der Waals surface area (Å²) in [5.41, 5.74) is 4.56. The van der Waals surface area contributed by atoms with Crippen molar-refractivity contribution in [1.29, 1.82) is 0 Å². The van der Waals surface area contributed by atoms with Gasteiger partial charge in [0.15, 0.2) is 5.78 Å². The van der Waals surface area contributed by atoms with Crippen molar-refractivity contribution in [2.24, 2.45) is 0 Å². The molecule has 0 amide bonds. The highest BCUT2D eigenvalue weighted by molar-refractivity contribution is 6.35. The molecule has 0 spiro atoms. The predicted octanol–water partition coefficient (Wildman–Crippen LogP) is 6.51. The van der Waals surface area contributed by atoms with Crippen LogP contribution in [0.1, 0.15) is 28.9 Å². The van der Waals surface area contributed by atoms with Gasteiger partial charge in [0.2, 0.25) is 5.95 Å². The standard InChI is InChI=1S/C24H17Cl2N3O/c1-14-21(23(30)15-7-3-2-4-8-15)22(17-12-11-16(25)13-18(17)26)29-20-10-6-5-9-19(20)28-24(29)27-14/h2-13,22H,1H3,(H,27,28)/t22-/m1/s1. The van der Waals surface area contributed by atoms with E-state index in [0.29, 0.717) is 27.1 Å². The van der Waals surface area contributed by atoms with Crippen LogP contribution in [0, 0.1) is 0 Å². The number of Topliss-reactive ketones (excluding diaryl/α,β-unsaturated/α-hetero) is 1. The van der Waals surface area contributed by atoms with Crippen LogP contribution in [0.3, 0.4) is 0 Å². The molecule has 30 heavy (non-hydrogen) atoms. The lowest BCUT2D eigenvalue weighted by molar-refractivity contribution is 0.102. The Labute approximate surface area is 183 Å². The number of halogens is 2.